The molecule has 3 rings (SSSR count). The van der Waals surface area contributed by atoms with Crippen LogP contribution in [0.5, 0.6) is 0 Å². The summed E-state index contributed by atoms with van der Waals surface area (Å²) >= 11 is 0. The summed E-state index contributed by atoms with van der Waals surface area (Å²) in [5, 5.41) is 11.8. The normalized spacial score (nSPS) is 15.8. The SMILES string of the molecule is Cn1cnnc1-c1ccccc1NCC1CCCC1. The Kier molecular flexibility index (Phi) is 3.49. The maximum atomic E-state index is 4.20. The van der Waals surface area contributed by atoms with Crippen LogP contribution in [0.25, 0.3) is 11.4 Å². The molecule has 1 saturated carbocycles. The van der Waals surface area contributed by atoms with Crippen LogP contribution in [0.15, 0.2) is 30.6 Å². The zero-order valence-corrected chi connectivity index (χ0v) is 11.3. The van der Waals surface area contributed by atoms with E-state index in [1.807, 2.05) is 17.7 Å². The molecule has 0 spiro atoms. The second-order valence-corrected chi connectivity index (χ2v) is 5.34. The molecular weight excluding hydrogens is 236 g/mol. The zero-order valence-electron chi connectivity index (χ0n) is 11.3. The zero-order chi connectivity index (χ0) is 13.1. The van der Waals surface area contributed by atoms with Crippen molar-refractivity contribution in [1.29, 1.82) is 0 Å². The first kappa shape index (κ1) is 12.2. The van der Waals surface area contributed by atoms with E-state index in [1.54, 1.807) is 6.33 Å². The number of aromatic nitrogens is 3. The van der Waals surface area contributed by atoms with E-state index in [-0.39, 0.29) is 0 Å². The third-order valence-corrected chi connectivity index (χ3v) is 3.94. The number of hydrogen-bond donors (Lipinski definition) is 1. The molecule has 0 radical (unpaired) electrons. The molecular formula is C15H20N4. The quantitative estimate of drug-likeness (QED) is 0.914. The highest BCUT2D eigenvalue weighted by Crippen LogP contribution is 2.28. The van der Waals surface area contributed by atoms with E-state index in [2.05, 4.69) is 33.7 Å². The van der Waals surface area contributed by atoms with Crippen molar-refractivity contribution in [3.63, 3.8) is 0 Å². The highest BCUT2D eigenvalue weighted by molar-refractivity contribution is 5.73. The molecule has 1 N–H and O–H groups in total. The number of nitrogens with zero attached hydrogens (tertiary/aromatic N) is 3. The van der Waals surface area contributed by atoms with Crippen LogP contribution in [0.2, 0.25) is 0 Å². The molecule has 0 aliphatic heterocycles. The Morgan fingerprint density at radius 2 is 2.05 bits per heavy atom. The fourth-order valence-electron chi connectivity index (χ4n) is 2.83. The van der Waals surface area contributed by atoms with Crippen LogP contribution in [-0.4, -0.2) is 21.3 Å². The number of para-hydroxylation sites is 1. The standard InChI is InChI=1S/C15H20N4/c1-19-11-17-18-15(19)13-8-4-5-9-14(13)16-10-12-6-2-3-7-12/h4-5,8-9,11-12,16H,2-3,6-7,10H2,1H3. The van der Waals surface area contributed by atoms with E-state index in [0.717, 1.165) is 29.5 Å². The lowest BCUT2D eigenvalue weighted by Crippen LogP contribution is -2.11. The molecule has 4 heteroatoms. The van der Waals surface area contributed by atoms with Crippen molar-refractivity contribution in [1.82, 2.24) is 14.8 Å². The van der Waals surface area contributed by atoms with Crippen molar-refractivity contribution in [2.24, 2.45) is 13.0 Å². The van der Waals surface area contributed by atoms with Crippen LogP contribution in [0, 0.1) is 5.92 Å². The first-order valence-corrected chi connectivity index (χ1v) is 7.02. The minimum atomic E-state index is 0.826. The largest absolute Gasteiger partial charge is 0.384 e. The number of anilines is 1. The molecule has 1 aromatic heterocycles. The van der Waals surface area contributed by atoms with E-state index in [0.29, 0.717) is 0 Å². The fourth-order valence-corrected chi connectivity index (χ4v) is 2.83. The van der Waals surface area contributed by atoms with E-state index in [9.17, 15) is 0 Å². The van der Waals surface area contributed by atoms with Crippen molar-refractivity contribution >= 4 is 5.69 Å². The summed E-state index contributed by atoms with van der Waals surface area (Å²) in [7, 11) is 1.98. The van der Waals surface area contributed by atoms with Gasteiger partial charge in [0.25, 0.3) is 0 Å². The number of aryl methyl sites for hydroxylation is 1. The molecule has 1 heterocycles. The summed E-state index contributed by atoms with van der Waals surface area (Å²) < 4.78 is 1.95. The second kappa shape index (κ2) is 5.43. The lowest BCUT2D eigenvalue weighted by Gasteiger charge is -2.14. The third kappa shape index (κ3) is 2.62. The van der Waals surface area contributed by atoms with Crippen LogP contribution >= 0.6 is 0 Å². The summed E-state index contributed by atoms with van der Waals surface area (Å²) in [4.78, 5) is 0. The average Bonchev–Trinajstić information content (AvgIpc) is 3.08. The molecule has 0 amide bonds. The highest BCUT2D eigenvalue weighted by Gasteiger charge is 2.16. The van der Waals surface area contributed by atoms with Gasteiger partial charge in [0.1, 0.15) is 6.33 Å². The van der Waals surface area contributed by atoms with E-state index < -0.39 is 0 Å². The summed E-state index contributed by atoms with van der Waals surface area (Å²) in [6, 6.07) is 8.33. The minimum Gasteiger partial charge on any atom is -0.384 e. The highest BCUT2D eigenvalue weighted by atomic mass is 15.2. The van der Waals surface area contributed by atoms with Crippen LogP contribution in [0.4, 0.5) is 5.69 Å². The Bertz CT molecular complexity index is 541. The Morgan fingerprint density at radius 3 is 2.79 bits per heavy atom. The first-order chi connectivity index (χ1) is 9.34. The molecule has 0 bridgehead atoms. The second-order valence-electron chi connectivity index (χ2n) is 5.34. The van der Waals surface area contributed by atoms with Crippen molar-refractivity contribution in [2.75, 3.05) is 11.9 Å². The van der Waals surface area contributed by atoms with Crippen LogP contribution in [0.3, 0.4) is 0 Å². The summed E-state index contributed by atoms with van der Waals surface area (Å²) in [5.41, 5.74) is 2.28. The maximum absolute atomic E-state index is 4.20. The van der Waals surface area contributed by atoms with E-state index in [1.165, 1.54) is 25.7 Å². The lowest BCUT2D eigenvalue weighted by molar-refractivity contribution is 0.580. The monoisotopic (exact) mass is 256 g/mol. The molecule has 1 aromatic carbocycles. The predicted molar refractivity (Wildman–Crippen MR) is 76.9 cm³/mol. The summed E-state index contributed by atoms with van der Waals surface area (Å²) in [5.74, 6) is 1.74. The van der Waals surface area contributed by atoms with Crippen LogP contribution in [-0.2, 0) is 7.05 Å². The summed E-state index contributed by atoms with van der Waals surface area (Å²) in [6.45, 7) is 1.06. The smallest absolute Gasteiger partial charge is 0.165 e. The fraction of sp³-hybridized carbons (Fsp3) is 0.467. The molecule has 4 nitrogen and oxygen atoms in total. The predicted octanol–water partition coefficient (Wildman–Crippen LogP) is 3.08. The number of rotatable bonds is 4. The lowest BCUT2D eigenvalue weighted by atomic mass is 10.1. The van der Waals surface area contributed by atoms with Gasteiger partial charge in [0.15, 0.2) is 5.82 Å². The average molecular weight is 256 g/mol. The van der Waals surface area contributed by atoms with Gasteiger partial charge < -0.3 is 9.88 Å². The van der Waals surface area contributed by atoms with Gasteiger partial charge in [-0.15, -0.1) is 10.2 Å². The molecule has 19 heavy (non-hydrogen) atoms. The van der Waals surface area contributed by atoms with Gasteiger partial charge in [-0.3, -0.25) is 0 Å². The number of hydrogen-bond acceptors (Lipinski definition) is 3. The maximum Gasteiger partial charge on any atom is 0.165 e. The molecule has 0 unspecified atom stereocenters. The van der Waals surface area contributed by atoms with Crippen molar-refractivity contribution in [3.8, 4) is 11.4 Å². The van der Waals surface area contributed by atoms with Gasteiger partial charge in [-0.25, -0.2) is 0 Å². The minimum absolute atomic E-state index is 0.826. The van der Waals surface area contributed by atoms with E-state index >= 15 is 0 Å². The Labute approximate surface area is 113 Å². The van der Waals surface area contributed by atoms with Crippen molar-refractivity contribution in [3.05, 3.63) is 30.6 Å². The van der Waals surface area contributed by atoms with E-state index in [4.69, 9.17) is 0 Å². The van der Waals surface area contributed by atoms with Crippen molar-refractivity contribution in [2.45, 2.75) is 25.7 Å². The van der Waals surface area contributed by atoms with Crippen LogP contribution in [0.1, 0.15) is 25.7 Å². The molecule has 0 atom stereocenters. The molecule has 1 aliphatic rings. The van der Waals surface area contributed by atoms with Crippen molar-refractivity contribution < 1.29 is 0 Å². The molecule has 1 aliphatic carbocycles. The van der Waals surface area contributed by atoms with Gasteiger partial charge in [0.2, 0.25) is 0 Å². The van der Waals surface area contributed by atoms with Gasteiger partial charge >= 0.3 is 0 Å². The Morgan fingerprint density at radius 1 is 1.26 bits per heavy atom. The topological polar surface area (TPSA) is 42.7 Å². The van der Waals surface area contributed by atoms with Gasteiger partial charge in [-0.2, -0.15) is 0 Å². The number of benzene rings is 1. The molecule has 1 fully saturated rings. The van der Waals surface area contributed by atoms with Crippen LogP contribution < -0.4 is 5.32 Å². The molecule has 2 aromatic rings. The molecule has 0 saturated heterocycles. The summed E-state index contributed by atoms with van der Waals surface area (Å²) in [6.07, 6.45) is 7.23. The van der Waals surface area contributed by atoms with Gasteiger partial charge in [0.05, 0.1) is 0 Å². The van der Waals surface area contributed by atoms with Gasteiger partial charge in [-0.05, 0) is 30.9 Å². The molecule has 100 valence electrons. The number of nitrogens with one attached hydrogen (secondary N) is 1. The first-order valence-electron chi connectivity index (χ1n) is 7.02. The Hall–Kier alpha value is -1.84. The third-order valence-electron chi connectivity index (χ3n) is 3.94. The van der Waals surface area contributed by atoms with Gasteiger partial charge in [-0.1, -0.05) is 25.0 Å². The Balaban J connectivity index is 1.79. The van der Waals surface area contributed by atoms with Gasteiger partial charge in [0, 0.05) is 24.8 Å².